The lowest BCUT2D eigenvalue weighted by molar-refractivity contribution is -0.114. The summed E-state index contributed by atoms with van der Waals surface area (Å²) in [5, 5.41) is 11.4. The number of para-hydroxylation sites is 2. The zero-order chi connectivity index (χ0) is 14.5. The number of rotatable bonds is 4. The van der Waals surface area contributed by atoms with E-state index in [1.807, 2.05) is 0 Å². The van der Waals surface area contributed by atoms with Gasteiger partial charge in [0.25, 0.3) is 0 Å². The average molecular weight is 272 g/mol. The van der Waals surface area contributed by atoms with Crippen molar-refractivity contribution in [1.82, 2.24) is 4.98 Å². The molecule has 2 rings (SSSR count). The molecule has 0 bridgehead atoms. The maximum Gasteiger partial charge on any atom is 0.337 e. The van der Waals surface area contributed by atoms with E-state index in [4.69, 9.17) is 9.84 Å². The van der Waals surface area contributed by atoms with Gasteiger partial charge in [0.1, 0.15) is 0 Å². The largest absolute Gasteiger partial charge is 0.478 e. The Kier molecular flexibility index (Phi) is 3.95. The van der Waals surface area contributed by atoms with Gasteiger partial charge in [0, 0.05) is 19.2 Å². The number of hydrogen-bond donors (Lipinski definition) is 2. The molecule has 1 aromatic heterocycles. The molecule has 0 saturated heterocycles. The van der Waals surface area contributed by atoms with Crippen molar-refractivity contribution in [3.8, 4) is 11.6 Å². The minimum absolute atomic E-state index is 0.0764. The minimum atomic E-state index is -1.05. The average Bonchev–Trinajstić information content (AvgIpc) is 2.41. The highest BCUT2D eigenvalue weighted by Gasteiger charge is 2.08. The third-order valence-electron chi connectivity index (χ3n) is 2.40. The molecule has 1 heterocycles. The van der Waals surface area contributed by atoms with Crippen LogP contribution in [0.3, 0.4) is 0 Å². The van der Waals surface area contributed by atoms with Crippen molar-refractivity contribution in [1.29, 1.82) is 0 Å². The standard InChI is InChI=1S/C14H12N2O4/c1-9(17)16-11-4-2-3-5-12(11)20-13-7-6-10(8-15-13)14(18)19/h2-8H,1H3,(H,16,17)(H,18,19). The van der Waals surface area contributed by atoms with Crippen LogP contribution in [0, 0.1) is 0 Å². The quantitative estimate of drug-likeness (QED) is 0.892. The van der Waals surface area contributed by atoms with Gasteiger partial charge in [-0.1, -0.05) is 12.1 Å². The Morgan fingerprint density at radius 3 is 2.55 bits per heavy atom. The van der Waals surface area contributed by atoms with Gasteiger partial charge in [0.15, 0.2) is 5.75 Å². The van der Waals surface area contributed by atoms with E-state index in [-0.39, 0.29) is 17.4 Å². The molecule has 0 aliphatic heterocycles. The fourth-order valence-electron chi connectivity index (χ4n) is 1.53. The van der Waals surface area contributed by atoms with E-state index in [9.17, 15) is 9.59 Å². The summed E-state index contributed by atoms with van der Waals surface area (Å²) in [5.74, 6) is -0.594. The van der Waals surface area contributed by atoms with Crippen LogP contribution in [0.25, 0.3) is 0 Å². The Morgan fingerprint density at radius 2 is 1.95 bits per heavy atom. The first-order valence-corrected chi connectivity index (χ1v) is 5.80. The van der Waals surface area contributed by atoms with Crippen LogP contribution in [-0.4, -0.2) is 22.0 Å². The van der Waals surface area contributed by atoms with Crippen molar-refractivity contribution in [2.24, 2.45) is 0 Å². The van der Waals surface area contributed by atoms with Gasteiger partial charge >= 0.3 is 5.97 Å². The molecule has 0 radical (unpaired) electrons. The van der Waals surface area contributed by atoms with Crippen LogP contribution in [0.5, 0.6) is 11.6 Å². The molecule has 102 valence electrons. The Morgan fingerprint density at radius 1 is 1.20 bits per heavy atom. The Bertz CT molecular complexity index is 638. The monoisotopic (exact) mass is 272 g/mol. The van der Waals surface area contributed by atoms with Crippen molar-refractivity contribution in [2.75, 3.05) is 5.32 Å². The summed E-state index contributed by atoms with van der Waals surface area (Å²) in [7, 11) is 0. The normalized spacial score (nSPS) is 9.85. The van der Waals surface area contributed by atoms with Crippen molar-refractivity contribution < 1.29 is 19.4 Å². The summed E-state index contributed by atoms with van der Waals surface area (Å²) >= 11 is 0. The fraction of sp³-hybridized carbons (Fsp3) is 0.0714. The van der Waals surface area contributed by atoms with E-state index >= 15 is 0 Å². The number of nitrogens with zero attached hydrogens (tertiary/aromatic N) is 1. The number of carbonyl (C=O) groups is 2. The lowest BCUT2D eigenvalue weighted by Gasteiger charge is -2.10. The molecular formula is C14H12N2O4. The second-order valence-corrected chi connectivity index (χ2v) is 3.97. The molecule has 2 aromatic rings. The smallest absolute Gasteiger partial charge is 0.337 e. The van der Waals surface area contributed by atoms with Gasteiger partial charge in [-0.3, -0.25) is 4.79 Å². The summed E-state index contributed by atoms with van der Waals surface area (Å²) in [6.07, 6.45) is 1.21. The highest BCUT2D eigenvalue weighted by atomic mass is 16.5. The molecule has 1 amide bonds. The minimum Gasteiger partial charge on any atom is -0.478 e. The molecule has 2 N–H and O–H groups in total. The van der Waals surface area contributed by atoms with Gasteiger partial charge in [-0.2, -0.15) is 0 Å². The van der Waals surface area contributed by atoms with E-state index in [0.29, 0.717) is 11.4 Å². The number of pyridine rings is 1. The zero-order valence-corrected chi connectivity index (χ0v) is 10.7. The summed E-state index contributed by atoms with van der Waals surface area (Å²) in [6, 6.07) is 9.74. The Labute approximate surface area is 115 Å². The van der Waals surface area contributed by atoms with Crippen molar-refractivity contribution >= 4 is 17.6 Å². The van der Waals surface area contributed by atoms with Gasteiger partial charge < -0.3 is 15.2 Å². The van der Waals surface area contributed by atoms with Crippen LogP contribution in [-0.2, 0) is 4.79 Å². The van der Waals surface area contributed by atoms with Crippen LogP contribution in [0.15, 0.2) is 42.6 Å². The summed E-state index contributed by atoms with van der Waals surface area (Å²) < 4.78 is 5.53. The first-order chi connectivity index (χ1) is 9.56. The van der Waals surface area contributed by atoms with Crippen LogP contribution in [0.1, 0.15) is 17.3 Å². The number of carboxylic acids is 1. The molecule has 0 unspecified atom stereocenters. The molecule has 6 heteroatoms. The van der Waals surface area contributed by atoms with Crippen molar-refractivity contribution in [3.63, 3.8) is 0 Å². The number of aromatic carboxylic acids is 1. The predicted molar refractivity (Wildman–Crippen MR) is 72.0 cm³/mol. The number of anilines is 1. The number of aromatic nitrogens is 1. The molecule has 0 fully saturated rings. The van der Waals surface area contributed by atoms with Gasteiger partial charge in [-0.15, -0.1) is 0 Å². The number of carbonyl (C=O) groups excluding carboxylic acids is 1. The summed E-state index contributed by atoms with van der Waals surface area (Å²) in [5.41, 5.74) is 0.594. The number of benzene rings is 1. The summed E-state index contributed by atoms with van der Waals surface area (Å²) in [4.78, 5) is 25.7. The van der Waals surface area contributed by atoms with Crippen LogP contribution in [0.4, 0.5) is 5.69 Å². The lowest BCUT2D eigenvalue weighted by Crippen LogP contribution is -2.07. The summed E-state index contributed by atoms with van der Waals surface area (Å²) in [6.45, 7) is 1.40. The zero-order valence-electron chi connectivity index (χ0n) is 10.7. The van der Waals surface area contributed by atoms with Crippen molar-refractivity contribution in [3.05, 3.63) is 48.2 Å². The highest BCUT2D eigenvalue weighted by molar-refractivity contribution is 5.90. The maximum atomic E-state index is 11.1. The Hall–Kier alpha value is -2.89. The molecule has 0 spiro atoms. The van der Waals surface area contributed by atoms with Gasteiger partial charge in [0.2, 0.25) is 11.8 Å². The molecule has 0 aliphatic carbocycles. The molecule has 20 heavy (non-hydrogen) atoms. The first-order valence-electron chi connectivity index (χ1n) is 5.80. The van der Waals surface area contributed by atoms with E-state index in [0.717, 1.165) is 0 Å². The van der Waals surface area contributed by atoms with Gasteiger partial charge in [-0.25, -0.2) is 9.78 Å². The number of carboxylic acid groups (broad SMARTS) is 1. The first kappa shape index (κ1) is 13.5. The molecule has 0 saturated carbocycles. The van der Waals surface area contributed by atoms with Crippen LogP contribution < -0.4 is 10.1 Å². The van der Waals surface area contributed by atoms with E-state index in [1.165, 1.54) is 25.3 Å². The maximum absolute atomic E-state index is 11.1. The molecular weight excluding hydrogens is 260 g/mol. The highest BCUT2D eigenvalue weighted by Crippen LogP contribution is 2.28. The van der Waals surface area contributed by atoms with Gasteiger partial charge in [-0.05, 0) is 18.2 Å². The molecule has 0 aliphatic rings. The SMILES string of the molecule is CC(=O)Nc1ccccc1Oc1ccc(C(=O)O)cn1. The second-order valence-electron chi connectivity index (χ2n) is 3.97. The number of ether oxygens (including phenoxy) is 1. The lowest BCUT2D eigenvalue weighted by atomic mass is 10.3. The number of hydrogen-bond acceptors (Lipinski definition) is 4. The second kappa shape index (κ2) is 5.83. The number of nitrogens with one attached hydrogen (secondary N) is 1. The topological polar surface area (TPSA) is 88.5 Å². The van der Waals surface area contributed by atoms with Crippen LogP contribution in [0.2, 0.25) is 0 Å². The van der Waals surface area contributed by atoms with E-state index < -0.39 is 5.97 Å². The number of amides is 1. The molecule has 1 aromatic carbocycles. The van der Waals surface area contributed by atoms with Gasteiger partial charge in [0.05, 0.1) is 11.3 Å². The fourth-order valence-corrected chi connectivity index (χ4v) is 1.53. The van der Waals surface area contributed by atoms with E-state index in [2.05, 4.69) is 10.3 Å². The van der Waals surface area contributed by atoms with E-state index in [1.54, 1.807) is 24.3 Å². The third-order valence-corrected chi connectivity index (χ3v) is 2.40. The Balaban J connectivity index is 2.21. The molecule has 0 atom stereocenters. The van der Waals surface area contributed by atoms with Crippen LogP contribution >= 0.6 is 0 Å². The predicted octanol–water partition coefficient (Wildman–Crippen LogP) is 2.53. The third kappa shape index (κ3) is 3.32. The molecule has 6 nitrogen and oxygen atoms in total. The van der Waals surface area contributed by atoms with Crippen molar-refractivity contribution in [2.45, 2.75) is 6.92 Å².